The Labute approximate surface area is 136 Å². The highest BCUT2D eigenvalue weighted by Crippen LogP contribution is 2.19. The van der Waals surface area contributed by atoms with Gasteiger partial charge in [0.2, 0.25) is 0 Å². The van der Waals surface area contributed by atoms with Crippen LogP contribution in [-0.4, -0.2) is 41.4 Å². The van der Waals surface area contributed by atoms with E-state index in [0.717, 1.165) is 12.1 Å². The van der Waals surface area contributed by atoms with E-state index in [4.69, 9.17) is 36.1 Å². The molecule has 0 fully saturated rings. The maximum Gasteiger partial charge on any atom is 0.542 e. The molecule has 0 saturated heterocycles. The largest absolute Gasteiger partial charge is 0.542 e. The monoisotopic (exact) mass is 341 g/mol. The topological polar surface area (TPSA) is 101 Å². The van der Waals surface area contributed by atoms with Gasteiger partial charge in [-0.25, -0.2) is 14.2 Å². The van der Waals surface area contributed by atoms with Gasteiger partial charge >= 0.3 is 14.2 Å². The summed E-state index contributed by atoms with van der Waals surface area (Å²) in [6.45, 7) is 0. The zero-order valence-electron chi connectivity index (χ0n) is 11.8. The molecule has 120 valence electrons. The van der Waals surface area contributed by atoms with Crippen molar-refractivity contribution in [3.05, 3.63) is 41.3 Å². The van der Waals surface area contributed by atoms with Gasteiger partial charge in [-0.1, -0.05) is 17.7 Å². The van der Waals surface area contributed by atoms with Gasteiger partial charge in [0, 0.05) is 23.2 Å². The summed E-state index contributed by atoms with van der Waals surface area (Å²) >= 11 is 5.87. The molecule has 1 aromatic carbocycles. The van der Waals surface area contributed by atoms with Crippen LogP contribution in [0.15, 0.2) is 30.5 Å². The Kier molecular flexibility index (Phi) is 5.80. The van der Waals surface area contributed by atoms with Gasteiger partial charge in [0.1, 0.15) is 16.6 Å². The molecule has 11 heteroatoms. The molecule has 0 aliphatic carbocycles. The molecule has 7 nitrogen and oxygen atoms in total. The van der Waals surface area contributed by atoms with Crippen molar-refractivity contribution >= 4 is 36.8 Å². The van der Waals surface area contributed by atoms with Crippen LogP contribution in [0.25, 0.3) is 0 Å². The smallest absolute Gasteiger partial charge is 0.497 e. The molecule has 2 rings (SSSR count). The lowest BCUT2D eigenvalue weighted by Crippen LogP contribution is -2.36. The van der Waals surface area contributed by atoms with Crippen LogP contribution < -0.4 is 20.6 Å². The highest BCUT2D eigenvalue weighted by Gasteiger charge is 2.26. The fourth-order valence-electron chi connectivity index (χ4n) is 1.73. The molecule has 3 N–H and O–H groups in total. The number of nitrogens with zero attached hydrogens (tertiary/aromatic N) is 1. The summed E-state index contributed by atoms with van der Waals surface area (Å²) in [6, 6.07) is 4.71. The number of ether oxygens (including phenoxy) is 1. The van der Waals surface area contributed by atoms with Gasteiger partial charge in [0.15, 0.2) is 0 Å². The highest BCUT2D eigenvalue weighted by molar-refractivity contribution is 6.63. The number of hydrogen-bond acceptors (Lipinski definition) is 7. The lowest BCUT2D eigenvalue weighted by atomic mass is 9.79. The number of rotatable bonds is 6. The van der Waals surface area contributed by atoms with Crippen molar-refractivity contribution in [1.29, 1.82) is 0 Å². The second-order valence-corrected chi connectivity index (χ2v) is 4.69. The van der Waals surface area contributed by atoms with Gasteiger partial charge < -0.3 is 24.7 Å². The molecular formula is C12H11B2ClFNO6. The molecule has 0 saturated carbocycles. The molecule has 1 heterocycles. The van der Waals surface area contributed by atoms with Crippen molar-refractivity contribution in [3.63, 3.8) is 0 Å². The van der Waals surface area contributed by atoms with Crippen LogP contribution in [0.2, 0.25) is 5.02 Å². The fraction of sp³-hybridized carbons (Fsp3) is 0.0833. The molecule has 23 heavy (non-hydrogen) atoms. The second-order valence-electron chi connectivity index (χ2n) is 4.31. The molecular weight excluding hydrogens is 330 g/mol. The molecule has 0 unspecified atom stereocenters. The molecule has 0 radical (unpaired) electrons. The molecule has 0 aliphatic heterocycles. The van der Waals surface area contributed by atoms with Crippen molar-refractivity contribution in [1.82, 2.24) is 4.98 Å². The van der Waals surface area contributed by atoms with Crippen LogP contribution in [0, 0.1) is 5.82 Å². The van der Waals surface area contributed by atoms with Crippen molar-refractivity contribution < 1.29 is 33.9 Å². The van der Waals surface area contributed by atoms with E-state index < -0.39 is 20.1 Å². The lowest BCUT2D eigenvalue weighted by Gasteiger charge is -2.12. The average molecular weight is 341 g/mol. The Morgan fingerprint density at radius 3 is 2.57 bits per heavy atom. The van der Waals surface area contributed by atoms with E-state index in [1.807, 2.05) is 0 Å². The van der Waals surface area contributed by atoms with E-state index in [2.05, 4.69) is 4.98 Å². The van der Waals surface area contributed by atoms with Gasteiger partial charge in [-0.15, -0.1) is 0 Å². The van der Waals surface area contributed by atoms with Crippen LogP contribution in [0.3, 0.4) is 0 Å². The predicted molar refractivity (Wildman–Crippen MR) is 81.3 cm³/mol. The Balaban J connectivity index is 2.14. The average Bonchev–Trinajstić information content (AvgIpc) is 2.53. The quantitative estimate of drug-likeness (QED) is 0.361. The van der Waals surface area contributed by atoms with Crippen molar-refractivity contribution in [3.8, 4) is 11.6 Å². The molecule has 0 bridgehead atoms. The summed E-state index contributed by atoms with van der Waals surface area (Å²) in [7, 11) is -2.14. The van der Waals surface area contributed by atoms with E-state index in [9.17, 15) is 9.41 Å². The van der Waals surface area contributed by atoms with Crippen LogP contribution >= 0.6 is 11.6 Å². The minimum atomic E-state index is -1.82. The Bertz CT molecular complexity index is 693. The summed E-state index contributed by atoms with van der Waals surface area (Å²) in [4.78, 5) is 13.3. The zero-order chi connectivity index (χ0) is 17.0. The highest BCUT2D eigenvalue weighted by atomic mass is 35.5. The predicted octanol–water partition coefficient (Wildman–Crippen LogP) is -0.739. The third kappa shape index (κ3) is 4.12. The third-order valence-electron chi connectivity index (χ3n) is 2.85. The third-order valence-corrected chi connectivity index (χ3v) is 3.22. The van der Waals surface area contributed by atoms with Crippen LogP contribution in [0.4, 0.5) is 4.39 Å². The summed E-state index contributed by atoms with van der Waals surface area (Å²) in [5, 5.41) is 28.0. The van der Waals surface area contributed by atoms with E-state index in [1.54, 1.807) is 0 Å². The van der Waals surface area contributed by atoms with Gasteiger partial charge in [-0.05, 0) is 12.1 Å². The maximum absolute atomic E-state index is 13.1. The van der Waals surface area contributed by atoms with Crippen LogP contribution in [-0.2, 0) is 4.81 Å². The minimum absolute atomic E-state index is 0.0471. The first-order valence-electron chi connectivity index (χ1n) is 6.29. The maximum atomic E-state index is 13.1. The molecule has 0 amide bonds. The van der Waals surface area contributed by atoms with E-state index in [-0.39, 0.29) is 27.6 Å². The van der Waals surface area contributed by atoms with Crippen molar-refractivity contribution in [2.45, 2.75) is 0 Å². The molecule has 0 spiro atoms. The SMILES string of the molecule is COc1cc(F)ccc1B(O)OOc1nccc(B(O)O)c1Cl. The van der Waals surface area contributed by atoms with Crippen molar-refractivity contribution in [2.75, 3.05) is 7.11 Å². The first-order valence-corrected chi connectivity index (χ1v) is 6.67. The molecule has 2 aromatic rings. The first kappa shape index (κ1) is 17.5. The molecule has 0 atom stereocenters. The van der Waals surface area contributed by atoms with Crippen LogP contribution in [0.1, 0.15) is 0 Å². The number of aromatic nitrogens is 1. The minimum Gasteiger partial charge on any atom is -0.497 e. The summed E-state index contributed by atoms with van der Waals surface area (Å²) < 4.78 is 18.0. The van der Waals surface area contributed by atoms with E-state index in [1.165, 1.54) is 25.4 Å². The van der Waals surface area contributed by atoms with Crippen molar-refractivity contribution in [2.24, 2.45) is 0 Å². The molecule has 1 aromatic heterocycles. The van der Waals surface area contributed by atoms with Gasteiger partial charge in [0.25, 0.3) is 5.88 Å². The van der Waals surface area contributed by atoms with Crippen LogP contribution in [0.5, 0.6) is 11.6 Å². The summed E-state index contributed by atoms with van der Waals surface area (Å²) in [5.74, 6) is -0.773. The lowest BCUT2D eigenvalue weighted by molar-refractivity contribution is -0.121. The van der Waals surface area contributed by atoms with E-state index in [0.29, 0.717) is 0 Å². The Hall–Kier alpha value is -1.84. The first-order chi connectivity index (χ1) is 10.9. The van der Waals surface area contributed by atoms with Gasteiger partial charge in [0.05, 0.1) is 7.11 Å². The second kappa shape index (κ2) is 7.62. The fourth-order valence-corrected chi connectivity index (χ4v) is 1.97. The number of hydrogen-bond donors (Lipinski definition) is 3. The standard InChI is InChI=1S/C12H11B2ClFNO6/c1-21-10-6-7(16)2-3-8(10)14(20)23-22-12-11(15)9(13(18)19)4-5-17-12/h2-6,18-20H,1H3. The summed E-state index contributed by atoms with van der Waals surface area (Å²) in [6.07, 6.45) is 1.21. The summed E-state index contributed by atoms with van der Waals surface area (Å²) in [5.41, 5.74) is 0.0671. The Morgan fingerprint density at radius 1 is 1.17 bits per heavy atom. The zero-order valence-corrected chi connectivity index (χ0v) is 12.6. The normalized spacial score (nSPS) is 10.3. The number of benzene rings is 1. The number of halogens is 2. The number of pyridine rings is 1. The van der Waals surface area contributed by atoms with Gasteiger partial charge in [-0.2, -0.15) is 0 Å². The molecule has 0 aliphatic rings. The van der Waals surface area contributed by atoms with E-state index >= 15 is 0 Å². The Morgan fingerprint density at radius 2 is 1.91 bits per heavy atom. The number of methoxy groups -OCH3 is 1. The van der Waals surface area contributed by atoms with Gasteiger partial charge in [-0.3, -0.25) is 0 Å².